The molecule has 1 aromatic rings. The fourth-order valence-electron chi connectivity index (χ4n) is 3.47. The molecule has 32 heavy (non-hydrogen) atoms. The van der Waals surface area contributed by atoms with Gasteiger partial charge in [-0.2, -0.15) is 39.5 Å². The number of para-hydroxylation sites is 1. The van der Waals surface area contributed by atoms with E-state index in [4.69, 9.17) is 11.6 Å². The highest BCUT2D eigenvalue weighted by molar-refractivity contribution is 6.31. The van der Waals surface area contributed by atoms with Crippen molar-refractivity contribution in [2.24, 2.45) is 0 Å². The standard InChI is InChI=1S/C19H11ClF9NO2/c1-30-12-5-3-2-4-10(12)14(11-8-9(20)6-7-13(11)30)15(31)32-16(17(21,22)23,18(24,25)26)19(27,28)29/h2-7H,8H2,1H3. The van der Waals surface area contributed by atoms with Crippen molar-refractivity contribution < 1.29 is 49.0 Å². The predicted octanol–water partition coefficient (Wildman–Crippen LogP) is 6.27. The van der Waals surface area contributed by atoms with E-state index < -0.39 is 35.7 Å². The molecule has 0 saturated carbocycles. The fraction of sp³-hybridized carbons (Fsp3) is 0.316. The molecule has 0 amide bonds. The van der Waals surface area contributed by atoms with E-state index in [0.717, 1.165) is 6.07 Å². The molecular formula is C19H11ClF9NO2. The van der Waals surface area contributed by atoms with Crippen molar-refractivity contribution in [3.63, 3.8) is 0 Å². The Morgan fingerprint density at radius 3 is 2.00 bits per heavy atom. The lowest BCUT2D eigenvalue weighted by atomic mass is 9.87. The topological polar surface area (TPSA) is 29.5 Å². The lowest BCUT2D eigenvalue weighted by Gasteiger charge is -2.39. The normalized spacial score (nSPS) is 17.4. The van der Waals surface area contributed by atoms with Crippen LogP contribution in [0.4, 0.5) is 45.2 Å². The van der Waals surface area contributed by atoms with Crippen molar-refractivity contribution in [2.45, 2.75) is 30.6 Å². The molecule has 1 aromatic carbocycles. The van der Waals surface area contributed by atoms with E-state index >= 15 is 0 Å². The Kier molecular flexibility index (Phi) is 5.60. The first-order valence-corrected chi connectivity index (χ1v) is 8.97. The first-order chi connectivity index (χ1) is 14.5. The molecule has 0 radical (unpaired) electrons. The van der Waals surface area contributed by atoms with E-state index in [1.165, 1.54) is 42.3 Å². The Labute approximate surface area is 179 Å². The van der Waals surface area contributed by atoms with Crippen molar-refractivity contribution >= 4 is 28.8 Å². The number of likely N-dealkylation sites (N-methyl/N-ethyl adjacent to an activating group) is 1. The van der Waals surface area contributed by atoms with Crippen molar-refractivity contribution in [3.05, 3.63) is 58.3 Å². The number of halogens is 10. The number of carbonyl (C=O) groups excluding carboxylic acids is 1. The number of ether oxygens (including phenoxy) is 1. The Morgan fingerprint density at radius 1 is 0.938 bits per heavy atom. The van der Waals surface area contributed by atoms with Crippen LogP contribution in [0.25, 0.3) is 5.57 Å². The Bertz CT molecular complexity index is 1010. The molecule has 0 N–H and O–H groups in total. The number of fused-ring (bicyclic) bond motifs is 2. The van der Waals surface area contributed by atoms with Gasteiger partial charge in [0.25, 0.3) is 0 Å². The van der Waals surface area contributed by atoms with Crippen LogP contribution in [0, 0.1) is 0 Å². The van der Waals surface area contributed by atoms with E-state index in [-0.39, 0.29) is 34.0 Å². The third-order valence-corrected chi connectivity index (χ3v) is 5.18. The van der Waals surface area contributed by atoms with Crippen LogP contribution >= 0.6 is 11.6 Å². The zero-order valence-corrected chi connectivity index (χ0v) is 16.5. The molecule has 1 aliphatic carbocycles. The van der Waals surface area contributed by atoms with Gasteiger partial charge in [-0.1, -0.05) is 29.8 Å². The number of benzene rings is 1. The SMILES string of the molecule is CN1C2=CC=C(Cl)CC2=C(C(=O)OC(C(F)(F)F)(C(F)(F)F)C(F)(F)F)c2ccccc21. The maximum Gasteiger partial charge on any atom is 0.447 e. The van der Waals surface area contributed by atoms with Gasteiger partial charge in [-0.05, 0) is 23.8 Å². The molecule has 13 heteroatoms. The van der Waals surface area contributed by atoms with Crippen molar-refractivity contribution in [3.8, 4) is 0 Å². The Balaban J connectivity index is 2.26. The molecular weight excluding hydrogens is 481 g/mol. The Morgan fingerprint density at radius 2 is 1.47 bits per heavy atom. The van der Waals surface area contributed by atoms with E-state index in [9.17, 15) is 44.3 Å². The summed E-state index contributed by atoms with van der Waals surface area (Å²) >= 11 is 5.90. The summed E-state index contributed by atoms with van der Waals surface area (Å²) in [5.74, 6) is -2.44. The molecule has 2 aliphatic rings. The highest BCUT2D eigenvalue weighted by Gasteiger charge is 2.87. The molecule has 0 atom stereocenters. The van der Waals surface area contributed by atoms with Crippen LogP contribution in [-0.4, -0.2) is 37.1 Å². The van der Waals surface area contributed by atoms with Crippen LogP contribution in [0.2, 0.25) is 0 Å². The van der Waals surface area contributed by atoms with Crippen molar-refractivity contribution in [1.82, 2.24) is 0 Å². The monoisotopic (exact) mass is 491 g/mol. The second-order valence-electron chi connectivity index (χ2n) is 6.84. The van der Waals surface area contributed by atoms with Gasteiger partial charge in [-0.15, -0.1) is 0 Å². The number of nitrogens with zero attached hydrogens (tertiary/aromatic N) is 1. The lowest BCUT2D eigenvalue weighted by Crippen LogP contribution is -2.68. The second-order valence-corrected chi connectivity index (χ2v) is 7.32. The zero-order chi connectivity index (χ0) is 24.3. The van der Waals surface area contributed by atoms with Gasteiger partial charge in [0.2, 0.25) is 0 Å². The highest BCUT2D eigenvalue weighted by atomic mass is 35.5. The van der Waals surface area contributed by atoms with Gasteiger partial charge >= 0.3 is 30.1 Å². The number of rotatable bonds is 2. The van der Waals surface area contributed by atoms with Crippen molar-refractivity contribution in [2.75, 3.05) is 11.9 Å². The van der Waals surface area contributed by atoms with Gasteiger partial charge in [0.1, 0.15) is 0 Å². The van der Waals surface area contributed by atoms with E-state index in [2.05, 4.69) is 4.74 Å². The molecule has 0 unspecified atom stereocenters. The number of anilines is 1. The number of allylic oxidation sites excluding steroid dienone is 4. The molecule has 1 heterocycles. The first-order valence-electron chi connectivity index (χ1n) is 8.59. The minimum Gasteiger partial charge on any atom is -0.428 e. The summed E-state index contributed by atoms with van der Waals surface area (Å²) in [5, 5.41) is 0.0514. The summed E-state index contributed by atoms with van der Waals surface area (Å²) in [6.45, 7) is 0. The summed E-state index contributed by atoms with van der Waals surface area (Å²) in [6, 6.07) is 5.31. The van der Waals surface area contributed by atoms with Crippen LogP contribution in [0.3, 0.4) is 0 Å². The van der Waals surface area contributed by atoms with Gasteiger partial charge < -0.3 is 9.64 Å². The number of esters is 1. The third-order valence-electron chi connectivity index (χ3n) is 4.92. The van der Waals surface area contributed by atoms with Crippen molar-refractivity contribution in [1.29, 1.82) is 0 Å². The van der Waals surface area contributed by atoms with Crippen LogP contribution in [0.5, 0.6) is 0 Å². The number of hydrogen-bond acceptors (Lipinski definition) is 3. The molecule has 3 rings (SSSR count). The average Bonchev–Trinajstić information content (AvgIpc) is 2.63. The maximum absolute atomic E-state index is 13.3. The highest BCUT2D eigenvalue weighted by Crippen LogP contribution is 2.56. The summed E-state index contributed by atoms with van der Waals surface area (Å²) in [6.07, 6.45) is -18.8. The zero-order valence-electron chi connectivity index (χ0n) is 15.7. The van der Waals surface area contributed by atoms with Gasteiger partial charge in [0.15, 0.2) is 0 Å². The largest absolute Gasteiger partial charge is 0.447 e. The van der Waals surface area contributed by atoms with Gasteiger partial charge in [-0.25, -0.2) is 4.79 Å². The van der Waals surface area contributed by atoms with E-state index in [1.807, 2.05) is 0 Å². The van der Waals surface area contributed by atoms with E-state index in [0.29, 0.717) is 0 Å². The number of hydrogen-bond donors (Lipinski definition) is 0. The molecule has 0 saturated heterocycles. The molecule has 174 valence electrons. The average molecular weight is 492 g/mol. The van der Waals surface area contributed by atoms with Gasteiger partial charge in [0, 0.05) is 35.4 Å². The molecule has 0 fully saturated rings. The maximum atomic E-state index is 13.3. The van der Waals surface area contributed by atoms with Crippen LogP contribution < -0.4 is 4.90 Å². The number of carbonyl (C=O) groups is 1. The van der Waals surface area contributed by atoms with Gasteiger partial charge in [0.05, 0.1) is 5.57 Å². The molecule has 0 aromatic heterocycles. The van der Waals surface area contributed by atoms with E-state index in [1.54, 1.807) is 0 Å². The molecule has 3 nitrogen and oxygen atoms in total. The molecule has 1 aliphatic heterocycles. The third kappa shape index (κ3) is 3.54. The van der Waals surface area contributed by atoms with Gasteiger partial charge in [-0.3, -0.25) is 0 Å². The quantitative estimate of drug-likeness (QED) is 0.361. The summed E-state index contributed by atoms with van der Waals surface area (Å²) in [4.78, 5) is 14.2. The Hall–Kier alpha value is -2.63. The lowest BCUT2D eigenvalue weighted by molar-refractivity contribution is -0.445. The summed E-state index contributed by atoms with van der Waals surface area (Å²) < 4.78 is 123. The van der Waals surface area contributed by atoms with Crippen LogP contribution in [0.1, 0.15) is 12.0 Å². The second kappa shape index (κ2) is 7.46. The fourth-order valence-corrected chi connectivity index (χ4v) is 3.66. The first kappa shape index (κ1) is 24.0. The minimum atomic E-state index is -7.04. The minimum absolute atomic E-state index is 0.0514. The number of alkyl halides is 9. The summed E-state index contributed by atoms with van der Waals surface area (Å²) in [5.41, 5.74) is -7.69. The molecule has 0 bridgehead atoms. The summed E-state index contributed by atoms with van der Waals surface area (Å²) in [7, 11) is 1.49. The predicted molar refractivity (Wildman–Crippen MR) is 95.4 cm³/mol. The smallest absolute Gasteiger partial charge is 0.428 e. The molecule has 0 spiro atoms. The van der Waals surface area contributed by atoms with Crippen LogP contribution in [0.15, 0.2) is 52.7 Å². The van der Waals surface area contributed by atoms with Crippen LogP contribution in [-0.2, 0) is 9.53 Å².